The van der Waals surface area contributed by atoms with Gasteiger partial charge in [0.2, 0.25) is 0 Å². The number of carboxylic acids is 1. The Bertz CT molecular complexity index is 312. The molecule has 0 rings (SSSR count). The van der Waals surface area contributed by atoms with E-state index in [-0.39, 0.29) is 12.5 Å². The van der Waals surface area contributed by atoms with Crippen molar-refractivity contribution in [3.05, 3.63) is 12.7 Å². The zero-order valence-electron chi connectivity index (χ0n) is 15.3. The minimum atomic E-state index is -0.712. The summed E-state index contributed by atoms with van der Waals surface area (Å²) in [5.41, 5.74) is 0. The maximum absolute atomic E-state index is 10.7. The molecule has 0 aromatic carbocycles. The van der Waals surface area contributed by atoms with Crippen LogP contribution in [0.15, 0.2) is 12.7 Å². The molecule has 1 unspecified atom stereocenters. The van der Waals surface area contributed by atoms with Gasteiger partial charge in [-0.1, -0.05) is 26.3 Å². The fourth-order valence-corrected chi connectivity index (χ4v) is 3.49. The number of hydrogen-bond donors (Lipinski definition) is 2. The molecule has 0 saturated heterocycles. The van der Waals surface area contributed by atoms with E-state index in [1.165, 1.54) is 0 Å². The van der Waals surface area contributed by atoms with Crippen LogP contribution in [0.3, 0.4) is 0 Å². The van der Waals surface area contributed by atoms with Crippen molar-refractivity contribution in [3.63, 3.8) is 0 Å². The van der Waals surface area contributed by atoms with E-state index in [2.05, 4.69) is 20.4 Å². The first kappa shape index (κ1) is 22.1. The zero-order chi connectivity index (χ0) is 17.6. The molecule has 1 atom stereocenters. The van der Waals surface area contributed by atoms with Crippen LogP contribution >= 0.6 is 0 Å². The molecule has 4 heteroatoms. The third kappa shape index (κ3) is 11.3. The minimum absolute atomic E-state index is 0.252. The van der Waals surface area contributed by atoms with E-state index in [0.717, 1.165) is 82.0 Å². The van der Waals surface area contributed by atoms with Crippen LogP contribution in [-0.2, 0) is 4.79 Å². The molecule has 0 heterocycles. The van der Waals surface area contributed by atoms with Crippen molar-refractivity contribution in [2.24, 2.45) is 0 Å². The summed E-state index contributed by atoms with van der Waals surface area (Å²) in [7, 11) is 0. The highest BCUT2D eigenvalue weighted by molar-refractivity contribution is 5.66. The van der Waals surface area contributed by atoms with Crippen molar-refractivity contribution >= 4 is 5.97 Å². The molecule has 0 aliphatic carbocycles. The van der Waals surface area contributed by atoms with E-state index in [0.29, 0.717) is 0 Å². The number of carbonyl (C=O) groups is 1. The summed E-state index contributed by atoms with van der Waals surface area (Å²) in [6.07, 6.45) is 9.81. The number of allylic oxidation sites excluding steroid dienone is 1. The highest BCUT2D eigenvalue weighted by atomic mass is 16.4. The molecule has 0 amide bonds. The Morgan fingerprint density at radius 2 is 1.74 bits per heavy atom. The minimum Gasteiger partial charge on any atom is -0.481 e. The van der Waals surface area contributed by atoms with E-state index >= 15 is 0 Å². The summed E-state index contributed by atoms with van der Waals surface area (Å²) in [6, 6.07) is 0. The summed E-state index contributed by atoms with van der Waals surface area (Å²) < 4.78 is 0.940. The van der Waals surface area contributed by atoms with Gasteiger partial charge in [-0.2, -0.15) is 0 Å². The number of aliphatic hydroxyl groups excluding tert-OH is 1. The second-order valence-corrected chi connectivity index (χ2v) is 6.77. The molecule has 0 aromatic rings. The van der Waals surface area contributed by atoms with E-state index in [1.54, 1.807) is 0 Å². The molecule has 0 saturated carbocycles. The molecule has 23 heavy (non-hydrogen) atoms. The van der Waals surface area contributed by atoms with Gasteiger partial charge in [-0.15, -0.1) is 6.58 Å². The number of quaternary nitrogens is 1. The van der Waals surface area contributed by atoms with Gasteiger partial charge < -0.3 is 14.7 Å². The summed E-state index contributed by atoms with van der Waals surface area (Å²) in [6.45, 7) is 12.1. The van der Waals surface area contributed by atoms with Gasteiger partial charge in [-0.25, -0.2) is 0 Å². The summed E-state index contributed by atoms with van der Waals surface area (Å²) in [4.78, 5) is 10.7. The Kier molecular flexibility index (Phi) is 13.0. The smallest absolute Gasteiger partial charge is 0.303 e. The largest absolute Gasteiger partial charge is 0.481 e. The number of carboxylic acid groups (broad SMARTS) is 1. The van der Waals surface area contributed by atoms with Gasteiger partial charge in [0, 0.05) is 6.42 Å². The molecule has 0 radical (unpaired) electrons. The number of aliphatic hydroxyl groups is 1. The lowest BCUT2D eigenvalue weighted by atomic mass is 10.1. The molecule has 4 nitrogen and oxygen atoms in total. The molecular formula is C19H38NO3+. The summed E-state index contributed by atoms with van der Waals surface area (Å²) in [5.74, 6) is -0.712. The standard InChI is InChI=1S/C19H37NO3/c1-4-7-8-9-12-18(21)17-20(14-5-2,15-6-3)16-11-10-13-19(22)23/h4,18,21H,1,5-17H2,2-3H3/p+1. The fraction of sp³-hybridized carbons (Fsp3) is 0.842. The predicted octanol–water partition coefficient (Wildman–Crippen LogP) is 3.99. The van der Waals surface area contributed by atoms with Crippen molar-refractivity contribution in [2.75, 3.05) is 26.2 Å². The van der Waals surface area contributed by atoms with Crippen LogP contribution in [0.2, 0.25) is 0 Å². The molecule has 0 fully saturated rings. The quantitative estimate of drug-likeness (QED) is 0.256. The molecule has 0 aromatic heterocycles. The third-order valence-electron chi connectivity index (χ3n) is 4.46. The molecule has 0 spiro atoms. The van der Waals surface area contributed by atoms with E-state index < -0.39 is 5.97 Å². The lowest BCUT2D eigenvalue weighted by Gasteiger charge is -2.40. The van der Waals surface area contributed by atoms with Gasteiger partial charge >= 0.3 is 5.97 Å². The Balaban J connectivity index is 4.49. The lowest BCUT2D eigenvalue weighted by molar-refractivity contribution is -0.931. The van der Waals surface area contributed by atoms with E-state index in [9.17, 15) is 9.90 Å². The van der Waals surface area contributed by atoms with Crippen molar-refractivity contribution < 1.29 is 19.5 Å². The number of rotatable bonds is 16. The second kappa shape index (κ2) is 13.6. The SMILES string of the molecule is C=CCCCCC(O)C[N+](CCC)(CCC)CCCCC(=O)O. The fourth-order valence-electron chi connectivity index (χ4n) is 3.49. The molecule has 0 aliphatic heterocycles. The van der Waals surface area contributed by atoms with Gasteiger partial charge in [-0.05, 0) is 44.9 Å². The lowest BCUT2D eigenvalue weighted by Crippen LogP contribution is -2.53. The topological polar surface area (TPSA) is 57.5 Å². The van der Waals surface area contributed by atoms with Crippen LogP contribution in [0.5, 0.6) is 0 Å². The molecule has 0 aliphatic rings. The Morgan fingerprint density at radius 1 is 1.09 bits per heavy atom. The first-order chi connectivity index (χ1) is 11.0. The number of nitrogens with zero attached hydrogens (tertiary/aromatic N) is 1. The van der Waals surface area contributed by atoms with Crippen LogP contribution in [-0.4, -0.2) is 52.9 Å². The summed E-state index contributed by atoms with van der Waals surface area (Å²) in [5, 5.41) is 19.2. The second-order valence-electron chi connectivity index (χ2n) is 6.77. The first-order valence-electron chi connectivity index (χ1n) is 9.35. The molecule has 136 valence electrons. The van der Waals surface area contributed by atoms with Crippen LogP contribution in [0.1, 0.15) is 71.6 Å². The average Bonchev–Trinajstić information content (AvgIpc) is 2.48. The van der Waals surface area contributed by atoms with Gasteiger partial charge in [0.05, 0.1) is 19.6 Å². The third-order valence-corrected chi connectivity index (χ3v) is 4.46. The van der Waals surface area contributed by atoms with Crippen molar-refractivity contribution in [1.82, 2.24) is 0 Å². The Hall–Kier alpha value is -0.870. The molecule has 2 N–H and O–H groups in total. The first-order valence-corrected chi connectivity index (χ1v) is 9.35. The predicted molar refractivity (Wildman–Crippen MR) is 96.5 cm³/mol. The van der Waals surface area contributed by atoms with Gasteiger partial charge in [0.15, 0.2) is 0 Å². The number of unbranched alkanes of at least 4 members (excludes halogenated alkanes) is 3. The summed E-state index contributed by atoms with van der Waals surface area (Å²) >= 11 is 0. The maximum atomic E-state index is 10.7. The zero-order valence-corrected chi connectivity index (χ0v) is 15.3. The average molecular weight is 329 g/mol. The van der Waals surface area contributed by atoms with Gasteiger partial charge in [0.1, 0.15) is 12.6 Å². The normalized spacial score (nSPS) is 13.0. The van der Waals surface area contributed by atoms with Gasteiger partial charge in [-0.3, -0.25) is 4.79 Å². The highest BCUT2D eigenvalue weighted by Gasteiger charge is 2.28. The van der Waals surface area contributed by atoms with Crippen LogP contribution in [0, 0.1) is 0 Å². The van der Waals surface area contributed by atoms with Crippen molar-refractivity contribution in [1.29, 1.82) is 0 Å². The number of hydrogen-bond acceptors (Lipinski definition) is 2. The Labute approximate surface area is 142 Å². The van der Waals surface area contributed by atoms with Crippen LogP contribution in [0.25, 0.3) is 0 Å². The molecular weight excluding hydrogens is 290 g/mol. The Morgan fingerprint density at radius 3 is 2.26 bits per heavy atom. The molecule has 0 bridgehead atoms. The maximum Gasteiger partial charge on any atom is 0.303 e. The van der Waals surface area contributed by atoms with Crippen molar-refractivity contribution in [2.45, 2.75) is 77.7 Å². The highest BCUT2D eigenvalue weighted by Crippen LogP contribution is 2.17. The van der Waals surface area contributed by atoms with Crippen LogP contribution < -0.4 is 0 Å². The van der Waals surface area contributed by atoms with E-state index in [4.69, 9.17) is 5.11 Å². The van der Waals surface area contributed by atoms with Crippen molar-refractivity contribution in [3.8, 4) is 0 Å². The van der Waals surface area contributed by atoms with E-state index in [1.807, 2.05) is 6.08 Å². The van der Waals surface area contributed by atoms with Crippen LogP contribution in [0.4, 0.5) is 0 Å². The monoisotopic (exact) mass is 328 g/mol. The van der Waals surface area contributed by atoms with Gasteiger partial charge in [0.25, 0.3) is 0 Å². The number of aliphatic carboxylic acids is 1.